The molecule has 0 aliphatic heterocycles. The minimum atomic E-state index is -0.0318. The number of hydrogen-bond acceptors (Lipinski definition) is 1. The first-order valence-corrected chi connectivity index (χ1v) is 5.33. The van der Waals surface area contributed by atoms with E-state index in [4.69, 9.17) is 0 Å². The van der Waals surface area contributed by atoms with Crippen molar-refractivity contribution < 1.29 is 4.79 Å². The first-order valence-electron chi connectivity index (χ1n) is 5.33. The molecule has 0 spiro atoms. The van der Waals surface area contributed by atoms with Crippen molar-refractivity contribution in [3.8, 4) is 0 Å². The van der Waals surface area contributed by atoms with Gasteiger partial charge in [0.15, 0.2) is 5.78 Å². The second kappa shape index (κ2) is 1.92. The molecule has 4 atom stereocenters. The number of fused-ring (bicyclic) bond motifs is 5. The maximum Gasteiger partial charge on any atom is 0.162 e. The average Bonchev–Trinajstić information content (AvgIpc) is 2.70. The molecular formula is C12H16O. The number of allylic oxidation sites excluding steroid dienone is 2. The second-order valence-electron chi connectivity index (χ2n) is 5.39. The topological polar surface area (TPSA) is 17.1 Å². The molecular weight excluding hydrogens is 160 g/mol. The van der Waals surface area contributed by atoms with Crippen molar-refractivity contribution in [3.63, 3.8) is 0 Å². The van der Waals surface area contributed by atoms with E-state index in [1.54, 1.807) is 0 Å². The molecule has 2 bridgehead atoms. The van der Waals surface area contributed by atoms with Gasteiger partial charge in [-0.15, -0.1) is 0 Å². The van der Waals surface area contributed by atoms with Crippen molar-refractivity contribution in [1.29, 1.82) is 0 Å². The lowest BCUT2D eigenvalue weighted by Crippen LogP contribution is -2.42. The third-order valence-corrected chi connectivity index (χ3v) is 5.31. The summed E-state index contributed by atoms with van der Waals surface area (Å²) in [6.07, 6.45) is 7.95. The van der Waals surface area contributed by atoms with Gasteiger partial charge in [-0.2, -0.15) is 0 Å². The third-order valence-electron chi connectivity index (χ3n) is 5.31. The Hall–Kier alpha value is -0.590. The summed E-state index contributed by atoms with van der Waals surface area (Å²) in [6, 6.07) is 0. The van der Waals surface area contributed by atoms with Crippen LogP contribution in [0.3, 0.4) is 0 Å². The van der Waals surface area contributed by atoms with Gasteiger partial charge in [-0.05, 0) is 37.2 Å². The van der Waals surface area contributed by atoms with Crippen LogP contribution < -0.4 is 0 Å². The maximum atomic E-state index is 11.9. The smallest absolute Gasteiger partial charge is 0.162 e. The van der Waals surface area contributed by atoms with Crippen LogP contribution in [0.5, 0.6) is 0 Å². The highest BCUT2D eigenvalue weighted by molar-refractivity contribution is 5.99. The fourth-order valence-electron chi connectivity index (χ4n) is 4.11. The van der Waals surface area contributed by atoms with Gasteiger partial charge in [0.1, 0.15) is 0 Å². The minimum absolute atomic E-state index is 0.0318. The lowest BCUT2D eigenvalue weighted by atomic mass is 9.59. The molecule has 3 rings (SSSR count). The lowest BCUT2D eigenvalue weighted by molar-refractivity contribution is -0.129. The fourth-order valence-corrected chi connectivity index (χ4v) is 4.11. The zero-order chi connectivity index (χ0) is 9.27. The molecule has 0 aromatic heterocycles. The molecule has 1 nitrogen and oxygen atoms in total. The highest BCUT2D eigenvalue weighted by atomic mass is 16.1. The Morgan fingerprint density at radius 2 is 2.00 bits per heavy atom. The van der Waals surface area contributed by atoms with E-state index < -0.39 is 0 Å². The Bertz CT molecular complexity index is 317. The first kappa shape index (κ1) is 7.78. The summed E-state index contributed by atoms with van der Waals surface area (Å²) in [4.78, 5) is 11.9. The summed E-state index contributed by atoms with van der Waals surface area (Å²) in [5.74, 6) is 1.84. The summed E-state index contributed by atoms with van der Waals surface area (Å²) in [5, 5.41) is 0. The van der Waals surface area contributed by atoms with Crippen LogP contribution in [-0.2, 0) is 4.79 Å². The molecule has 2 saturated carbocycles. The van der Waals surface area contributed by atoms with Crippen molar-refractivity contribution in [2.75, 3.05) is 0 Å². The van der Waals surface area contributed by atoms with Gasteiger partial charge < -0.3 is 0 Å². The Morgan fingerprint density at radius 1 is 1.31 bits per heavy atom. The zero-order valence-electron chi connectivity index (χ0n) is 8.34. The Morgan fingerprint density at radius 3 is 2.69 bits per heavy atom. The zero-order valence-corrected chi connectivity index (χ0v) is 8.34. The molecule has 2 fully saturated rings. The van der Waals surface area contributed by atoms with Crippen LogP contribution in [0, 0.1) is 22.7 Å². The fraction of sp³-hybridized carbons (Fsp3) is 0.750. The maximum absolute atomic E-state index is 11.9. The Kier molecular flexibility index (Phi) is 1.15. The van der Waals surface area contributed by atoms with Crippen molar-refractivity contribution in [2.45, 2.75) is 33.1 Å². The Balaban J connectivity index is 2.19. The van der Waals surface area contributed by atoms with Crippen LogP contribution >= 0.6 is 0 Å². The summed E-state index contributed by atoms with van der Waals surface area (Å²) in [7, 11) is 0. The molecule has 0 saturated heterocycles. The van der Waals surface area contributed by atoms with Gasteiger partial charge in [-0.1, -0.05) is 19.9 Å². The Labute approximate surface area is 79.2 Å². The molecule has 0 amide bonds. The SMILES string of the molecule is C[C@@]12C=CC(=O)[C@]1(C)[C@@H]1CC[C@H]2C1. The summed E-state index contributed by atoms with van der Waals surface area (Å²) < 4.78 is 0. The van der Waals surface area contributed by atoms with E-state index >= 15 is 0 Å². The molecule has 0 N–H and O–H groups in total. The lowest BCUT2D eigenvalue weighted by Gasteiger charge is -2.43. The van der Waals surface area contributed by atoms with Gasteiger partial charge in [-0.25, -0.2) is 0 Å². The third kappa shape index (κ3) is 0.589. The second-order valence-corrected chi connectivity index (χ2v) is 5.39. The van der Waals surface area contributed by atoms with Gasteiger partial charge in [0, 0.05) is 10.8 Å². The highest BCUT2D eigenvalue weighted by Gasteiger charge is 2.66. The van der Waals surface area contributed by atoms with E-state index in [0.717, 1.165) is 5.92 Å². The summed E-state index contributed by atoms with van der Waals surface area (Å²) in [5.41, 5.74) is 0.170. The first-order chi connectivity index (χ1) is 6.09. The van der Waals surface area contributed by atoms with Crippen LogP contribution in [-0.4, -0.2) is 5.78 Å². The standard InChI is InChI=1S/C12H16O/c1-11-6-5-10(13)12(11,2)9-4-3-8(11)7-9/h5-6,8-9H,3-4,7H2,1-2H3/t8-,9+,11-,12-/m0/s1. The van der Waals surface area contributed by atoms with E-state index in [9.17, 15) is 4.79 Å². The van der Waals surface area contributed by atoms with Crippen LogP contribution in [0.15, 0.2) is 12.2 Å². The van der Waals surface area contributed by atoms with E-state index in [1.165, 1.54) is 19.3 Å². The van der Waals surface area contributed by atoms with Crippen LogP contribution in [0.2, 0.25) is 0 Å². The molecule has 1 heteroatoms. The number of carbonyl (C=O) groups excluding carboxylic acids is 1. The summed E-state index contributed by atoms with van der Waals surface area (Å²) in [6.45, 7) is 4.48. The average molecular weight is 176 g/mol. The van der Waals surface area contributed by atoms with Crippen LogP contribution in [0.1, 0.15) is 33.1 Å². The molecule has 0 aromatic carbocycles. The minimum Gasteiger partial charge on any atom is -0.294 e. The van der Waals surface area contributed by atoms with Gasteiger partial charge in [-0.3, -0.25) is 4.79 Å². The number of rotatable bonds is 0. The van der Waals surface area contributed by atoms with Gasteiger partial charge in [0.2, 0.25) is 0 Å². The van der Waals surface area contributed by atoms with E-state index in [1.807, 2.05) is 6.08 Å². The van der Waals surface area contributed by atoms with Crippen molar-refractivity contribution in [2.24, 2.45) is 22.7 Å². The van der Waals surface area contributed by atoms with E-state index in [2.05, 4.69) is 19.9 Å². The molecule has 0 radical (unpaired) electrons. The van der Waals surface area contributed by atoms with Crippen molar-refractivity contribution >= 4 is 5.78 Å². The monoisotopic (exact) mass is 176 g/mol. The highest BCUT2D eigenvalue weighted by Crippen LogP contribution is 2.69. The van der Waals surface area contributed by atoms with E-state index in [-0.39, 0.29) is 10.8 Å². The van der Waals surface area contributed by atoms with Gasteiger partial charge in [0.25, 0.3) is 0 Å². The normalized spacial score (nSPS) is 57.5. The molecule has 0 unspecified atom stereocenters. The van der Waals surface area contributed by atoms with Gasteiger partial charge in [0.05, 0.1) is 0 Å². The molecule has 3 aliphatic rings. The number of carbonyl (C=O) groups is 1. The van der Waals surface area contributed by atoms with Gasteiger partial charge >= 0.3 is 0 Å². The van der Waals surface area contributed by atoms with Crippen LogP contribution in [0.25, 0.3) is 0 Å². The van der Waals surface area contributed by atoms with Crippen molar-refractivity contribution in [3.05, 3.63) is 12.2 Å². The summed E-state index contributed by atoms with van der Waals surface area (Å²) >= 11 is 0. The van der Waals surface area contributed by atoms with E-state index in [0.29, 0.717) is 11.7 Å². The van der Waals surface area contributed by atoms with Crippen molar-refractivity contribution in [1.82, 2.24) is 0 Å². The number of hydrogen-bond donors (Lipinski definition) is 0. The number of ketones is 1. The molecule has 70 valence electrons. The largest absolute Gasteiger partial charge is 0.294 e. The molecule has 3 aliphatic carbocycles. The molecule has 0 aromatic rings. The van der Waals surface area contributed by atoms with Crippen LogP contribution in [0.4, 0.5) is 0 Å². The predicted molar refractivity (Wildman–Crippen MR) is 51.2 cm³/mol. The quantitative estimate of drug-likeness (QED) is 0.554. The molecule has 13 heavy (non-hydrogen) atoms. The molecule has 0 heterocycles. The predicted octanol–water partition coefficient (Wildman–Crippen LogP) is 2.57.